The molecular weight excluding hydrogens is 222 g/mol. The lowest BCUT2D eigenvalue weighted by Crippen LogP contribution is -2.50. The minimum atomic E-state index is 0.696. The molecular formula is C15H31N3. The van der Waals surface area contributed by atoms with E-state index in [2.05, 4.69) is 29.0 Å². The Morgan fingerprint density at radius 3 is 2.94 bits per heavy atom. The lowest BCUT2D eigenvalue weighted by Gasteiger charge is -2.37. The number of piperazine rings is 1. The smallest absolute Gasteiger partial charge is 0.0224 e. The third kappa shape index (κ3) is 4.22. The van der Waals surface area contributed by atoms with Gasteiger partial charge in [-0.1, -0.05) is 13.3 Å². The maximum Gasteiger partial charge on any atom is 0.0224 e. The second-order valence-electron chi connectivity index (χ2n) is 6.09. The molecule has 1 N–H and O–H groups in total. The highest BCUT2D eigenvalue weighted by Crippen LogP contribution is 2.21. The summed E-state index contributed by atoms with van der Waals surface area (Å²) in [4.78, 5) is 5.40. The molecule has 106 valence electrons. The van der Waals surface area contributed by atoms with Crippen molar-refractivity contribution < 1.29 is 0 Å². The van der Waals surface area contributed by atoms with E-state index >= 15 is 0 Å². The molecule has 3 heteroatoms. The maximum absolute atomic E-state index is 3.49. The molecule has 0 aromatic carbocycles. The van der Waals surface area contributed by atoms with Crippen LogP contribution in [0.3, 0.4) is 0 Å². The summed E-state index contributed by atoms with van der Waals surface area (Å²) in [5.41, 5.74) is 0. The van der Waals surface area contributed by atoms with Crippen LogP contribution in [0, 0.1) is 0 Å². The minimum absolute atomic E-state index is 0.696. The van der Waals surface area contributed by atoms with Gasteiger partial charge in [0, 0.05) is 31.7 Å². The first-order valence-corrected chi connectivity index (χ1v) is 7.99. The van der Waals surface area contributed by atoms with Crippen LogP contribution in [0.4, 0.5) is 0 Å². The quantitative estimate of drug-likeness (QED) is 0.700. The van der Waals surface area contributed by atoms with Gasteiger partial charge < -0.3 is 10.2 Å². The summed E-state index contributed by atoms with van der Waals surface area (Å²) >= 11 is 0. The molecule has 2 aliphatic rings. The Balaban J connectivity index is 1.54. The average molecular weight is 253 g/mol. The van der Waals surface area contributed by atoms with Crippen LogP contribution in [-0.2, 0) is 0 Å². The van der Waals surface area contributed by atoms with Crippen LogP contribution in [0.15, 0.2) is 0 Å². The van der Waals surface area contributed by atoms with E-state index in [1.807, 2.05) is 0 Å². The van der Waals surface area contributed by atoms with Crippen LogP contribution in [0.25, 0.3) is 0 Å². The van der Waals surface area contributed by atoms with E-state index in [1.165, 1.54) is 64.8 Å². The molecule has 2 saturated heterocycles. The van der Waals surface area contributed by atoms with Gasteiger partial charge in [0.1, 0.15) is 0 Å². The summed E-state index contributed by atoms with van der Waals surface area (Å²) in [5.74, 6) is 0. The molecule has 0 spiro atoms. The van der Waals surface area contributed by atoms with Crippen molar-refractivity contribution in [3.8, 4) is 0 Å². The predicted octanol–water partition coefficient (Wildman–Crippen LogP) is 1.93. The van der Waals surface area contributed by atoms with Gasteiger partial charge >= 0.3 is 0 Å². The van der Waals surface area contributed by atoms with Gasteiger partial charge in [-0.3, -0.25) is 4.90 Å². The monoisotopic (exact) mass is 253 g/mol. The van der Waals surface area contributed by atoms with Crippen molar-refractivity contribution in [2.24, 2.45) is 0 Å². The lowest BCUT2D eigenvalue weighted by atomic mass is 10.1. The van der Waals surface area contributed by atoms with Gasteiger partial charge in [-0.2, -0.15) is 0 Å². The molecule has 0 bridgehead atoms. The number of fused-ring (bicyclic) bond motifs is 1. The van der Waals surface area contributed by atoms with Crippen molar-refractivity contribution in [3.05, 3.63) is 0 Å². The van der Waals surface area contributed by atoms with Crippen molar-refractivity contribution >= 4 is 0 Å². The molecule has 2 rings (SSSR count). The van der Waals surface area contributed by atoms with Gasteiger partial charge in [0.05, 0.1) is 0 Å². The molecule has 2 atom stereocenters. The molecule has 0 aromatic rings. The van der Waals surface area contributed by atoms with Crippen molar-refractivity contribution in [3.63, 3.8) is 0 Å². The number of unbranched alkanes of at least 4 members (excludes halogenated alkanes) is 1. The van der Waals surface area contributed by atoms with Crippen LogP contribution < -0.4 is 5.32 Å². The van der Waals surface area contributed by atoms with E-state index in [4.69, 9.17) is 0 Å². The second-order valence-corrected chi connectivity index (χ2v) is 6.09. The van der Waals surface area contributed by atoms with E-state index in [1.54, 1.807) is 0 Å². The first-order chi connectivity index (χ1) is 8.79. The first kappa shape index (κ1) is 14.3. The van der Waals surface area contributed by atoms with Crippen molar-refractivity contribution in [2.45, 2.75) is 58.0 Å². The number of hydrogen-bond acceptors (Lipinski definition) is 3. The summed E-state index contributed by atoms with van der Waals surface area (Å²) in [6, 6.07) is 1.58. The summed E-state index contributed by atoms with van der Waals surface area (Å²) in [6.45, 7) is 12.2. The molecule has 2 aliphatic heterocycles. The minimum Gasteiger partial charge on any atom is -0.315 e. The zero-order valence-electron chi connectivity index (χ0n) is 12.3. The molecule has 0 radical (unpaired) electrons. The Hall–Kier alpha value is -0.120. The van der Waals surface area contributed by atoms with E-state index in [0.29, 0.717) is 6.04 Å². The van der Waals surface area contributed by atoms with Gasteiger partial charge in [-0.25, -0.2) is 0 Å². The number of nitrogens with one attached hydrogen (secondary N) is 1. The van der Waals surface area contributed by atoms with Crippen LogP contribution in [-0.4, -0.2) is 61.2 Å². The van der Waals surface area contributed by atoms with Gasteiger partial charge in [0.2, 0.25) is 0 Å². The van der Waals surface area contributed by atoms with Gasteiger partial charge in [0.25, 0.3) is 0 Å². The normalized spacial score (nSPS) is 27.3. The van der Waals surface area contributed by atoms with Crippen LogP contribution in [0.5, 0.6) is 0 Å². The van der Waals surface area contributed by atoms with E-state index in [0.717, 1.165) is 12.6 Å². The topological polar surface area (TPSA) is 18.5 Å². The van der Waals surface area contributed by atoms with E-state index in [9.17, 15) is 0 Å². The van der Waals surface area contributed by atoms with Crippen LogP contribution >= 0.6 is 0 Å². The molecule has 0 aliphatic carbocycles. The Morgan fingerprint density at radius 1 is 1.22 bits per heavy atom. The largest absolute Gasteiger partial charge is 0.315 e. The third-order valence-electron chi connectivity index (χ3n) is 4.59. The zero-order valence-corrected chi connectivity index (χ0v) is 12.3. The fourth-order valence-corrected chi connectivity index (χ4v) is 3.50. The first-order valence-electron chi connectivity index (χ1n) is 7.99. The molecule has 2 heterocycles. The fourth-order valence-electron chi connectivity index (χ4n) is 3.50. The lowest BCUT2D eigenvalue weighted by molar-refractivity contribution is 0.103. The highest BCUT2D eigenvalue weighted by molar-refractivity contribution is 4.86. The Labute approximate surface area is 113 Å². The van der Waals surface area contributed by atoms with E-state index < -0.39 is 0 Å². The number of rotatable bonds is 7. The number of hydrogen-bond donors (Lipinski definition) is 1. The Morgan fingerprint density at radius 2 is 2.11 bits per heavy atom. The summed E-state index contributed by atoms with van der Waals surface area (Å²) in [5, 5.41) is 3.49. The molecule has 0 aromatic heterocycles. The van der Waals surface area contributed by atoms with Crippen LogP contribution in [0.1, 0.15) is 46.0 Å². The molecule has 0 amide bonds. The standard InChI is InChI=1S/C15H31N3/c1-3-16-14(2)7-4-5-9-17-11-12-18-10-6-8-15(18)13-17/h14-16H,3-13H2,1-2H3. The SMILES string of the molecule is CCNC(C)CCCCN1CCN2CCCC2C1. The molecule has 3 nitrogen and oxygen atoms in total. The van der Waals surface area contributed by atoms with Crippen LogP contribution in [0.2, 0.25) is 0 Å². The Bertz CT molecular complexity index is 232. The highest BCUT2D eigenvalue weighted by atomic mass is 15.3. The summed E-state index contributed by atoms with van der Waals surface area (Å²) in [6.07, 6.45) is 6.95. The second kappa shape index (κ2) is 7.46. The molecule has 18 heavy (non-hydrogen) atoms. The third-order valence-corrected chi connectivity index (χ3v) is 4.59. The number of nitrogens with zero attached hydrogens (tertiary/aromatic N) is 2. The van der Waals surface area contributed by atoms with Gasteiger partial charge in [0.15, 0.2) is 0 Å². The zero-order chi connectivity index (χ0) is 12.8. The molecule has 2 fully saturated rings. The molecule has 2 unspecified atom stereocenters. The van der Waals surface area contributed by atoms with E-state index in [-0.39, 0.29) is 0 Å². The highest BCUT2D eigenvalue weighted by Gasteiger charge is 2.29. The van der Waals surface area contributed by atoms with Crippen molar-refractivity contribution in [1.29, 1.82) is 0 Å². The van der Waals surface area contributed by atoms with Gasteiger partial charge in [-0.15, -0.1) is 0 Å². The van der Waals surface area contributed by atoms with Crippen molar-refractivity contribution in [1.82, 2.24) is 15.1 Å². The fraction of sp³-hybridized carbons (Fsp3) is 1.00. The molecule has 0 saturated carbocycles. The summed E-state index contributed by atoms with van der Waals surface area (Å²) < 4.78 is 0. The Kier molecular flexibility index (Phi) is 5.93. The predicted molar refractivity (Wildman–Crippen MR) is 78.0 cm³/mol. The summed E-state index contributed by atoms with van der Waals surface area (Å²) in [7, 11) is 0. The van der Waals surface area contributed by atoms with Crippen molar-refractivity contribution in [2.75, 3.05) is 39.3 Å². The maximum atomic E-state index is 3.49. The average Bonchev–Trinajstić information content (AvgIpc) is 2.82. The van der Waals surface area contributed by atoms with Gasteiger partial charge in [-0.05, 0) is 52.2 Å².